The minimum absolute atomic E-state index is 0. The lowest BCUT2D eigenvalue weighted by molar-refractivity contribution is -0.140. The zero-order valence-electron chi connectivity index (χ0n) is 20.1. The molecule has 12 nitrogen and oxygen atoms in total. The lowest BCUT2D eigenvalue weighted by Gasteiger charge is -2.20. The number of fused-ring (bicyclic) bond motifs is 1. The lowest BCUT2D eigenvalue weighted by Crippen LogP contribution is -2.54. The second-order valence-electron chi connectivity index (χ2n) is 8.15. The average molecular weight is 526 g/mol. The van der Waals surface area contributed by atoms with Crippen LogP contribution in [0, 0.1) is 0 Å². The number of benzene rings is 2. The van der Waals surface area contributed by atoms with Crippen molar-refractivity contribution in [2.75, 3.05) is 0 Å². The number of hydrogen-bond donors (Lipinski definition) is 7. The zero-order valence-corrected chi connectivity index (χ0v) is 20.1. The van der Waals surface area contributed by atoms with Crippen LogP contribution >= 0.6 is 0 Å². The van der Waals surface area contributed by atoms with Gasteiger partial charge in [0.2, 0.25) is 17.7 Å². The van der Waals surface area contributed by atoms with Crippen molar-refractivity contribution in [3.63, 3.8) is 0 Å². The van der Waals surface area contributed by atoms with Crippen LogP contribution in [0.5, 0.6) is 0 Å². The second-order valence-corrected chi connectivity index (χ2v) is 8.15. The fraction of sp³-hybridized carbons (Fsp3) is 0.160. The maximum absolute atomic E-state index is 12.9. The van der Waals surface area contributed by atoms with Gasteiger partial charge in [0.15, 0.2) is 5.96 Å². The molecule has 13 heteroatoms. The molecule has 0 fully saturated rings. The van der Waals surface area contributed by atoms with Crippen LogP contribution in [0.15, 0.2) is 65.8 Å². The van der Waals surface area contributed by atoms with Crippen molar-refractivity contribution < 1.29 is 29.0 Å². The number of carboxylic acid groups (broad SMARTS) is 1. The van der Waals surface area contributed by atoms with Gasteiger partial charge < -0.3 is 37.9 Å². The van der Waals surface area contributed by atoms with Crippen molar-refractivity contribution in [2.24, 2.45) is 22.2 Å². The topological polar surface area (TPSA) is 219 Å². The van der Waals surface area contributed by atoms with Crippen molar-refractivity contribution in [3.05, 3.63) is 71.9 Å². The van der Waals surface area contributed by atoms with Gasteiger partial charge in [-0.1, -0.05) is 30.3 Å². The first-order valence-electron chi connectivity index (χ1n) is 11.2. The number of carboxylic acids is 1. The Balaban J connectivity index is 0.00000507. The third-order valence-electron chi connectivity index (χ3n) is 5.35. The fourth-order valence-corrected chi connectivity index (χ4v) is 3.60. The minimum atomic E-state index is -1.44. The number of rotatable bonds is 11. The van der Waals surface area contributed by atoms with Gasteiger partial charge in [-0.15, -0.1) is 0 Å². The minimum Gasteiger partial charge on any atom is -0.481 e. The van der Waals surface area contributed by atoms with Gasteiger partial charge in [-0.2, -0.15) is 0 Å². The lowest BCUT2D eigenvalue weighted by atomic mass is 10.0. The van der Waals surface area contributed by atoms with Crippen LogP contribution in [0.2, 0.25) is 0 Å². The summed E-state index contributed by atoms with van der Waals surface area (Å²) in [5, 5.41) is 14.9. The third-order valence-corrected chi connectivity index (χ3v) is 5.35. The molecule has 2 atom stereocenters. The SMILES string of the molecule is F.NC(=O)[C@H](Cc1c[nH]c2ccccc12)NC(=O)[C@H](CC(=O)O)NC(=O)C=Cc1ccc(N=C(N)N)cc1. The van der Waals surface area contributed by atoms with Gasteiger partial charge in [-0.25, -0.2) is 4.99 Å². The first-order chi connectivity index (χ1) is 17.6. The first-order valence-corrected chi connectivity index (χ1v) is 11.2. The molecule has 2 aromatic carbocycles. The molecule has 1 heterocycles. The van der Waals surface area contributed by atoms with Gasteiger partial charge in [0.25, 0.3) is 0 Å². The zero-order chi connectivity index (χ0) is 26.9. The number of primary amides is 1. The normalized spacial score (nSPS) is 12.2. The Morgan fingerprint density at radius 2 is 1.66 bits per heavy atom. The van der Waals surface area contributed by atoms with Gasteiger partial charge in [0.05, 0.1) is 12.1 Å². The number of aliphatic carboxylic acids is 1. The molecule has 3 rings (SSSR count). The number of halogens is 1. The highest BCUT2D eigenvalue weighted by atomic mass is 19.0. The highest BCUT2D eigenvalue weighted by Crippen LogP contribution is 2.19. The molecule has 0 radical (unpaired) electrons. The Labute approximate surface area is 216 Å². The summed E-state index contributed by atoms with van der Waals surface area (Å²) >= 11 is 0. The number of aromatic amines is 1. The molecular weight excluding hydrogens is 497 g/mol. The van der Waals surface area contributed by atoms with E-state index in [1.165, 1.54) is 6.08 Å². The number of nitrogens with zero attached hydrogens (tertiary/aromatic N) is 1. The van der Waals surface area contributed by atoms with Crippen molar-refractivity contribution in [1.82, 2.24) is 15.6 Å². The summed E-state index contributed by atoms with van der Waals surface area (Å²) in [6.07, 6.45) is 3.70. The van der Waals surface area contributed by atoms with E-state index in [4.69, 9.17) is 17.2 Å². The number of carbonyl (C=O) groups excluding carboxylic acids is 3. The standard InChI is InChI=1S/C25H27N7O5.FH/c26-23(36)19(11-15-13-29-18-4-2-1-3-17(15)18)32-24(37)20(12-22(34)35)31-21(33)10-7-14-5-8-16(9-6-14)30-25(27)28;/h1-10,13,19-20,29H,11-12H2,(H2,26,36)(H,31,33)(H,32,37)(H,34,35)(H4,27,28,30);1H/t19-,20-;/m0./s1. The van der Waals surface area contributed by atoms with Crippen LogP contribution in [0.4, 0.5) is 10.4 Å². The summed E-state index contributed by atoms with van der Waals surface area (Å²) in [6.45, 7) is 0. The number of aliphatic imine (C=N–C) groups is 1. The number of para-hydroxylation sites is 1. The molecule has 200 valence electrons. The molecule has 0 unspecified atom stereocenters. The molecule has 0 aliphatic carbocycles. The maximum atomic E-state index is 12.9. The van der Waals surface area contributed by atoms with Gasteiger partial charge in [0.1, 0.15) is 12.1 Å². The second kappa shape index (κ2) is 13.2. The molecule has 1 aromatic heterocycles. The first kappa shape index (κ1) is 29.0. The van der Waals surface area contributed by atoms with E-state index in [1.807, 2.05) is 24.3 Å². The highest BCUT2D eigenvalue weighted by molar-refractivity contribution is 5.98. The summed E-state index contributed by atoms with van der Waals surface area (Å²) in [6, 6.07) is 11.4. The van der Waals surface area contributed by atoms with Crippen molar-refractivity contribution in [3.8, 4) is 0 Å². The van der Waals surface area contributed by atoms with E-state index in [0.29, 0.717) is 11.3 Å². The van der Waals surface area contributed by atoms with Crippen LogP contribution in [0.1, 0.15) is 17.5 Å². The van der Waals surface area contributed by atoms with Crippen LogP contribution in [0.3, 0.4) is 0 Å². The van der Waals surface area contributed by atoms with Gasteiger partial charge in [0, 0.05) is 29.6 Å². The number of nitrogens with one attached hydrogen (secondary N) is 3. The van der Waals surface area contributed by atoms with E-state index in [9.17, 15) is 24.3 Å². The predicted octanol–water partition coefficient (Wildman–Crippen LogP) is 0.411. The van der Waals surface area contributed by atoms with Gasteiger partial charge in [-0.05, 0) is 35.4 Å². The maximum Gasteiger partial charge on any atom is 0.305 e. The van der Waals surface area contributed by atoms with Gasteiger partial charge in [-0.3, -0.25) is 23.9 Å². The molecule has 0 spiro atoms. The van der Waals surface area contributed by atoms with Crippen LogP contribution < -0.4 is 27.8 Å². The smallest absolute Gasteiger partial charge is 0.305 e. The predicted molar refractivity (Wildman–Crippen MR) is 141 cm³/mol. The Morgan fingerprint density at radius 3 is 2.29 bits per heavy atom. The molecule has 0 bridgehead atoms. The van der Waals surface area contributed by atoms with Gasteiger partial charge >= 0.3 is 5.97 Å². The highest BCUT2D eigenvalue weighted by Gasteiger charge is 2.27. The number of carbonyl (C=O) groups is 4. The average Bonchev–Trinajstić information content (AvgIpc) is 3.25. The van der Waals surface area contributed by atoms with E-state index < -0.39 is 42.2 Å². The number of H-pyrrole nitrogens is 1. The van der Waals surface area contributed by atoms with Crippen molar-refractivity contribution >= 4 is 52.3 Å². The monoisotopic (exact) mass is 525 g/mol. The molecule has 0 saturated heterocycles. The molecule has 38 heavy (non-hydrogen) atoms. The van der Waals surface area contributed by atoms with Crippen molar-refractivity contribution in [1.29, 1.82) is 0 Å². The van der Waals surface area contributed by atoms with Crippen LogP contribution in [-0.2, 0) is 25.6 Å². The number of guanidine groups is 1. The molecule has 0 saturated carbocycles. The van der Waals surface area contributed by atoms with E-state index in [1.54, 1.807) is 30.5 Å². The Morgan fingerprint density at radius 1 is 0.974 bits per heavy atom. The molecule has 0 aliphatic heterocycles. The molecular formula is C25H28FN7O5. The molecule has 10 N–H and O–H groups in total. The Hall–Kier alpha value is -5.20. The number of nitrogens with two attached hydrogens (primary N) is 3. The number of amides is 3. The quantitative estimate of drug-likeness (QED) is 0.106. The third kappa shape index (κ3) is 8.19. The molecule has 3 aromatic rings. The summed E-state index contributed by atoms with van der Waals surface area (Å²) < 4.78 is 0. The molecule has 0 aliphatic rings. The Kier molecular flexibility index (Phi) is 10.1. The molecule has 3 amide bonds. The van der Waals surface area contributed by atoms with E-state index in [0.717, 1.165) is 22.5 Å². The summed E-state index contributed by atoms with van der Waals surface area (Å²) in [4.78, 5) is 55.6. The number of aromatic nitrogens is 1. The number of hydrogen-bond acceptors (Lipinski definition) is 5. The summed E-state index contributed by atoms with van der Waals surface area (Å²) in [5.74, 6) is -3.77. The largest absolute Gasteiger partial charge is 0.481 e. The summed E-state index contributed by atoms with van der Waals surface area (Å²) in [5.41, 5.74) is 18.9. The summed E-state index contributed by atoms with van der Waals surface area (Å²) in [7, 11) is 0. The van der Waals surface area contributed by atoms with E-state index in [-0.39, 0.29) is 17.1 Å². The van der Waals surface area contributed by atoms with Crippen LogP contribution in [0.25, 0.3) is 17.0 Å². The van der Waals surface area contributed by atoms with Crippen molar-refractivity contribution in [2.45, 2.75) is 24.9 Å². The fourth-order valence-electron chi connectivity index (χ4n) is 3.60. The Bertz CT molecular complexity index is 1360. The van der Waals surface area contributed by atoms with E-state index >= 15 is 0 Å². The van der Waals surface area contributed by atoms with Crippen LogP contribution in [-0.4, -0.2) is 51.8 Å². The van der Waals surface area contributed by atoms with E-state index in [2.05, 4.69) is 20.6 Å².